The number of anilines is 2. The third-order valence-electron chi connectivity index (χ3n) is 3.00. The number of nitrogen functional groups attached to an aromatic ring is 1. The summed E-state index contributed by atoms with van der Waals surface area (Å²) in [6, 6.07) is 1.62. The van der Waals surface area contributed by atoms with Crippen molar-refractivity contribution in [3.63, 3.8) is 0 Å². The summed E-state index contributed by atoms with van der Waals surface area (Å²) in [5.41, 5.74) is 5.65. The Morgan fingerprint density at radius 2 is 2.29 bits per heavy atom. The fourth-order valence-electron chi connectivity index (χ4n) is 2.04. The third-order valence-corrected chi connectivity index (χ3v) is 3.59. The maximum atomic E-state index is 6.04. The lowest BCUT2D eigenvalue weighted by molar-refractivity contribution is 0.399. The van der Waals surface area contributed by atoms with E-state index in [2.05, 4.69) is 22.2 Å². The zero-order chi connectivity index (χ0) is 12.4. The average Bonchev–Trinajstić information content (AvgIpc) is 2.68. The van der Waals surface area contributed by atoms with Crippen LogP contribution in [0.3, 0.4) is 0 Å². The SMILES string of the molecule is CN1CCC(CNc2nc(N)c(Cl)cc2Cl)C1. The Morgan fingerprint density at radius 1 is 1.53 bits per heavy atom. The van der Waals surface area contributed by atoms with Crippen molar-refractivity contribution >= 4 is 34.8 Å². The molecule has 0 bridgehead atoms. The van der Waals surface area contributed by atoms with Gasteiger partial charge in [-0.2, -0.15) is 0 Å². The second-order valence-electron chi connectivity index (χ2n) is 4.48. The smallest absolute Gasteiger partial charge is 0.147 e. The Hall–Kier alpha value is -0.710. The Kier molecular flexibility index (Phi) is 3.97. The number of aromatic nitrogens is 1. The van der Waals surface area contributed by atoms with Crippen LogP contribution < -0.4 is 11.1 Å². The van der Waals surface area contributed by atoms with Gasteiger partial charge in [0.25, 0.3) is 0 Å². The van der Waals surface area contributed by atoms with Crippen LogP contribution in [-0.2, 0) is 0 Å². The summed E-state index contributed by atoms with van der Waals surface area (Å²) >= 11 is 11.9. The Labute approximate surface area is 111 Å². The normalized spacial score (nSPS) is 20.8. The van der Waals surface area contributed by atoms with Crippen molar-refractivity contribution in [2.45, 2.75) is 6.42 Å². The van der Waals surface area contributed by atoms with Gasteiger partial charge in [-0.15, -0.1) is 0 Å². The van der Waals surface area contributed by atoms with Crippen LogP contribution in [0.25, 0.3) is 0 Å². The second-order valence-corrected chi connectivity index (χ2v) is 5.30. The van der Waals surface area contributed by atoms with Gasteiger partial charge in [0.05, 0.1) is 10.0 Å². The van der Waals surface area contributed by atoms with Gasteiger partial charge in [0.15, 0.2) is 0 Å². The summed E-state index contributed by atoms with van der Waals surface area (Å²) in [6.45, 7) is 3.11. The minimum atomic E-state index is 0.308. The average molecular weight is 275 g/mol. The van der Waals surface area contributed by atoms with Crippen LogP contribution in [0.5, 0.6) is 0 Å². The lowest BCUT2D eigenvalue weighted by Gasteiger charge is -2.13. The van der Waals surface area contributed by atoms with E-state index >= 15 is 0 Å². The fourth-order valence-corrected chi connectivity index (χ4v) is 2.46. The number of nitrogens with one attached hydrogen (secondary N) is 1. The largest absolute Gasteiger partial charge is 0.382 e. The van der Waals surface area contributed by atoms with Crippen LogP contribution in [0, 0.1) is 5.92 Å². The highest BCUT2D eigenvalue weighted by atomic mass is 35.5. The molecule has 1 aliphatic heterocycles. The summed E-state index contributed by atoms with van der Waals surface area (Å²) in [5, 5.41) is 4.13. The molecule has 1 unspecified atom stereocenters. The molecular weight excluding hydrogens is 259 g/mol. The Bertz CT molecular complexity index is 411. The van der Waals surface area contributed by atoms with Gasteiger partial charge in [0.2, 0.25) is 0 Å². The Morgan fingerprint density at radius 3 is 2.94 bits per heavy atom. The van der Waals surface area contributed by atoms with E-state index in [1.807, 2.05) is 0 Å². The number of rotatable bonds is 3. The van der Waals surface area contributed by atoms with E-state index < -0.39 is 0 Å². The van der Waals surface area contributed by atoms with E-state index in [0.29, 0.717) is 27.6 Å². The molecule has 1 saturated heterocycles. The van der Waals surface area contributed by atoms with E-state index in [4.69, 9.17) is 28.9 Å². The molecule has 3 N–H and O–H groups in total. The van der Waals surface area contributed by atoms with Crippen LogP contribution in [0.2, 0.25) is 10.0 Å². The molecule has 17 heavy (non-hydrogen) atoms. The fraction of sp³-hybridized carbons (Fsp3) is 0.545. The molecule has 6 heteroatoms. The molecule has 0 aliphatic carbocycles. The molecule has 1 atom stereocenters. The molecule has 0 saturated carbocycles. The first-order chi connectivity index (χ1) is 8.06. The molecule has 1 fully saturated rings. The number of nitrogens with zero attached hydrogens (tertiary/aromatic N) is 2. The van der Waals surface area contributed by atoms with Crippen molar-refractivity contribution in [1.29, 1.82) is 0 Å². The lowest BCUT2D eigenvalue weighted by Crippen LogP contribution is -2.19. The summed E-state index contributed by atoms with van der Waals surface area (Å²) in [7, 11) is 2.13. The first kappa shape index (κ1) is 12.7. The Balaban J connectivity index is 1.97. The van der Waals surface area contributed by atoms with Crippen molar-refractivity contribution in [3.05, 3.63) is 16.1 Å². The predicted octanol–water partition coefficient (Wildman–Crippen LogP) is 2.33. The quantitative estimate of drug-likeness (QED) is 0.889. The highest BCUT2D eigenvalue weighted by Crippen LogP contribution is 2.27. The number of nitrogens with two attached hydrogens (primary N) is 1. The second kappa shape index (κ2) is 5.29. The molecule has 0 amide bonds. The minimum absolute atomic E-state index is 0.308. The van der Waals surface area contributed by atoms with Gasteiger partial charge >= 0.3 is 0 Å². The molecule has 2 rings (SSSR count). The zero-order valence-corrected chi connectivity index (χ0v) is 11.2. The first-order valence-electron chi connectivity index (χ1n) is 5.60. The van der Waals surface area contributed by atoms with Crippen molar-refractivity contribution < 1.29 is 0 Å². The number of hydrogen-bond acceptors (Lipinski definition) is 4. The monoisotopic (exact) mass is 274 g/mol. The van der Waals surface area contributed by atoms with Gasteiger partial charge in [-0.3, -0.25) is 0 Å². The molecule has 2 heterocycles. The van der Waals surface area contributed by atoms with Crippen LogP contribution in [0.15, 0.2) is 6.07 Å². The van der Waals surface area contributed by atoms with Crippen LogP contribution in [-0.4, -0.2) is 36.6 Å². The number of halogens is 2. The molecule has 1 aromatic rings. The van der Waals surface area contributed by atoms with E-state index in [0.717, 1.165) is 19.6 Å². The molecule has 94 valence electrons. The van der Waals surface area contributed by atoms with Crippen molar-refractivity contribution in [1.82, 2.24) is 9.88 Å². The van der Waals surface area contributed by atoms with Gasteiger partial charge in [-0.1, -0.05) is 23.2 Å². The van der Waals surface area contributed by atoms with Gasteiger partial charge in [-0.25, -0.2) is 4.98 Å². The number of likely N-dealkylation sites (tertiary alicyclic amines) is 1. The molecule has 0 spiro atoms. The summed E-state index contributed by atoms with van der Waals surface area (Å²) in [5.74, 6) is 1.56. The van der Waals surface area contributed by atoms with Gasteiger partial charge in [-0.05, 0) is 32.0 Å². The summed E-state index contributed by atoms with van der Waals surface area (Å²) in [4.78, 5) is 6.46. The van der Waals surface area contributed by atoms with Crippen molar-refractivity contribution in [2.75, 3.05) is 37.7 Å². The van der Waals surface area contributed by atoms with Crippen LogP contribution in [0.4, 0.5) is 11.6 Å². The first-order valence-corrected chi connectivity index (χ1v) is 6.36. The van der Waals surface area contributed by atoms with Crippen molar-refractivity contribution in [3.8, 4) is 0 Å². The molecule has 0 aromatic carbocycles. The molecule has 4 nitrogen and oxygen atoms in total. The summed E-state index contributed by atoms with van der Waals surface area (Å²) < 4.78 is 0. The topological polar surface area (TPSA) is 54.2 Å². The molecular formula is C11H16Cl2N4. The van der Waals surface area contributed by atoms with E-state index in [9.17, 15) is 0 Å². The predicted molar refractivity (Wildman–Crippen MR) is 72.8 cm³/mol. The zero-order valence-electron chi connectivity index (χ0n) is 9.71. The third kappa shape index (κ3) is 3.15. The standard InChI is InChI=1S/C11H16Cl2N4/c1-17-3-2-7(6-17)5-15-11-9(13)4-8(12)10(14)16-11/h4,7H,2-3,5-6H2,1H3,(H3,14,15,16). The van der Waals surface area contributed by atoms with Crippen molar-refractivity contribution in [2.24, 2.45) is 5.92 Å². The highest BCUT2D eigenvalue weighted by Gasteiger charge is 2.19. The number of hydrogen-bond donors (Lipinski definition) is 2. The maximum Gasteiger partial charge on any atom is 0.147 e. The maximum absolute atomic E-state index is 6.04. The van der Waals surface area contributed by atoms with Gasteiger partial charge in [0.1, 0.15) is 11.6 Å². The van der Waals surface area contributed by atoms with Gasteiger partial charge in [0, 0.05) is 13.1 Å². The lowest BCUT2D eigenvalue weighted by atomic mass is 10.1. The van der Waals surface area contributed by atoms with E-state index in [-0.39, 0.29) is 0 Å². The van der Waals surface area contributed by atoms with Gasteiger partial charge < -0.3 is 16.0 Å². The summed E-state index contributed by atoms with van der Waals surface area (Å²) in [6.07, 6.45) is 1.20. The number of pyridine rings is 1. The van der Waals surface area contributed by atoms with Crippen LogP contribution in [0.1, 0.15) is 6.42 Å². The molecule has 1 aromatic heterocycles. The molecule has 0 radical (unpaired) electrons. The highest BCUT2D eigenvalue weighted by molar-refractivity contribution is 6.37. The van der Waals surface area contributed by atoms with Crippen LogP contribution >= 0.6 is 23.2 Å². The van der Waals surface area contributed by atoms with E-state index in [1.54, 1.807) is 6.07 Å². The minimum Gasteiger partial charge on any atom is -0.382 e. The van der Waals surface area contributed by atoms with E-state index in [1.165, 1.54) is 6.42 Å². The molecule has 1 aliphatic rings.